The normalized spacial score (nSPS) is 13.9. The molecule has 1 saturated carbocycles. The number of carbonyl (C=O) groups is 1. The molecule has 2 aromatic carbocycles. The third kappa shape index (κ3) is 3.97. The molecule has 0 aromatic heterocycles. The Hall–Kier alpha value is -2.73. The maximum Gasteiger partial charge on any atom is 0.335 e. The third-order valence-electron chi connectivity index (χ3n) is 4.13. The van der Waals surface area contributed by atoms with E-state index in [1.807, 2.05) is 12.1 Å². The van der Waals surface area contributed by atoms with Gasteiger partial charge < -0.3 is 5.11 Å². The number of carboxylic acid groups (broad SMARTS) is 1. The number of nitro groups is 1. The van der Waals surface area contributed by atoms with Crippen molar-refractivity contribution in [2.45, 2.75) is 32.0 Å². The molecule has 1 aliphatic rings. The number of hydrogen-bond donors (Lipinski definition) is 1. The van der Waals surface area contributed by atoms with Gasteiger partial charge in [0.15, 0.2) is 0 Å². The van der Waals surface area contributed by atoms with Crippen molar-refractivity contribution in [2.24, 2.45) is 0 Å². The molecule has 3 rings (SSSR count). The van der Waals surface area contributed by atoms with Gasteiger partial charge in [-0.1, -0.05) is 24.3 Å². The van der Waals surface area contributed by atoms with Crippen LogP contribution in [0.15, 0.2) is 48.5 Å². The minimum atomic E-state index is -0.937. The van der Waals surface area contributed by atoms with Crippen LogP contribution in [0.3, 0.4) is 0 Å². The van der Waals surface area contributed by atoms with E-state index in [9.17, 15) is 14.9 Å². The summed E-state index contributed by atoms with van der Waals surface area (Å²) < 4.78 is 0. The van der Waals surface area contributed by atoms with Crippen molar-refractivity contribution in [2.75, 3.05) is 0 Å². The summed E-state index contributed by atoms with van der Waals surface area (Å²) in [6.45, 7) is 1.25. The van der Waals surface area contributed by atoms with Gasteiger partial charge in [0, 0.05) is 31.3 Å². The van der Waals surface area contributed by atoms with Gasteiger partial charge in [-0.25, -0.2) is 4.79 Å². The summed E-state index contributed by atoms with van der Waals surface area (Å²) in [5.41, 5.74) is 2.20. The van der Waals surface area contributed by atoms with E-state index in [0.29, 0.717) is 19.1 Å². The summed E-state index contributed by atoms with van der Waals surface area (Å²) in [6, 6.07) is 14.0. The second kappa shape index (κ2) is 6.80. The number of hydrogen-bond acceptors (Lipinski definition) is 4. The molecule has 0 saturated heterocycles. The zero-order chi connectivity index (χ0) is 17.1. The highest BCUT2D eigenvalue weighted by molar-refractivity contribution is 5.87. The van der Waals surface area contributed by atoms with Gasteiger partial charge in [0.25, 0.3) is 5.69 Å². The van der Waals surface area contributed by atoms with Gasteiger partial charge in [-0.2, -0.15) is 0 Å². The molecule has 0 atom stereocenters. The zero-order valence-corrected chi connectivity index (χ0v) is 13.1. The SMILES string of the molecule is O=C(O)c1cccc(CN(Cc2cccc([N+](=O)[O-])c2)C2CC2)c1. The molecule has 24 heavy (non-hydrogen) atoms. The van der Waals surface area contributed by atoms with E-state index in [1.54, 1.807) is 30.3 Å². The monoisotopic (exact) mass is 326 g/mol. The minimum Gasteiger partial charge on any atom is -0.478 e. The largest absolute Gasteiger partial charge is 0.478 e. The first-order chi connectivity index (χ1) is 11.5. The van der Waals surface area contributed by atoms with Crippen LogP contribution in [0.4, 0.5) is 5.69 Å². The first-order valence-electron chi connectivity index (χ1n) is 7.82. The molecular weight excluding hydrogens is 308 g/mol. The van der Waals surface area contributed by atoms with Crippen LogP contribution >= 0.6 is 0 Å². The highest BCUT2D eigenvalue weighted by atomic mass is 16.6. The Morgan fingerprint density at radius 2 is 1.75 bits per heavy atom. The highest BCUT2D eigenvalue weighted by Gasteiger charge is 2.29. The van der Waals surface area contributed by atoms with Crippen molar-refractivity contribution in [3.63, 3.8) is 0 Å². The molecule has 0 unspecified atom stereocenters. The van der Waals surface area contributed by atoms with Gasteiger partial charge in [-0.15, -0.1) is 0 Å². The first kappa shape index (κ1) is 16.1. The summed E-state index contributed by atoms with van der Waals surface area (Å²) in [5.74, 6) is -0.937. The molecule has 2 aromatic rings. The van der Waals surface area contributed by atoms with Crippen molar-refractivity contribution < 1.29 is 14.8 Å². The lowest BCUT2D eigenvalue weighted by molar-refractivity contribution is -0.384. The van der Waals surface area contributed by atoms with E-state index in [0.717, 1.165) is 24.0 Å². The van der Waals surface area contributed by atoms with E-state index in [1.165, 1.54) is 6.07 Å². The molecule has 0 heterocycles. The number of nitro benzene ring substituents is 1. The fourth-order valence-electron chi connectivity index (χ4n) is 2.79. The number of rotatable bonds is 7. The first-order valence-corrected chi connectivity index (χ1v) is 7.82. The molecule has 1 N–H and O–H groups in total. The zero-order valence-electron chi connectivity index (χ0n) is 13.1. The van der Waals surface area contributed by atoms with Gasteiger partial charge in [-0.3, -0.25) is 15.0 Å². The van der Waals surface area contributed by atoms with Crippen LogP contribution in [0.25, 0.3) is 0 Å². The van der Waals surface area contributed by atoms with Crippen LogP contribution in [0, 0.1) is 10.1 Å². The summed E-state index contributed by atoms with van der Waals surface area (Å²) >= 11 is 0. The van der Waals surface area contributed by atoms with Crippen molar-refractivity contribution >= 4 is 11.7 Å². The van der Waals surface area contributed by atoms with Crippen molar-refractivity contribution in [1.29, 1.82) is 0 Å². The number of nitrogens with zero attached hydrogens (tertiary/aromatic N) is 2. The quantitative estimate of drug-likeness (QED) is 0.622. The molecule has 0 amide bonds. The number of benzene rings is 2. The van der Waals surface area contributed by atoms with Gasteiger partial charge in [0.2, 0.25) is 0 Å². The minimum absolute atomic E-state index is 0.0936. The van der Waals surface area contributed by atoms with Crippen LogP contribution < -0.4 is 0 Å². The molecule has 0 bridgehead atoms. The maximum atomic E-state index is 11.1. The maximum absolute atomic E-state index is 11.1. The smallest absolute Gasteiger partial charge is 0.335 e. The second-order valence-electron chi connectivity index (χ2n) is 6.07. The van der Waals surface area contributed by atoms with Crippen molar-refractivity contribution in [1.82, 2.24) is 4.90 Å². The predicted octanol–water partition coefficient (Wildman–Crippen LogP) is 3.46. The Labute approximate surface area is 139 Å². The summed E-state index contributed by atoms with van der Waals surface area (Å²) in [6.07, 6.45) is 2.21. The lowest BCUT2D eigenvalue weighted by Gasteiger charge is -2.22. The molecular formula is C18H18N2O4. The Balaban J connectivity index is 1.76. The summed E-state index contributed by atoms with van der Waals surface area (Å²) in [5, 5.41) is 20.0. The van der Waals surface area contributed by atoms with Crippen LogP contribution in [0.5, 0.6) is 0 Å². The Morgan fingerprint density at radius 3 is 2.33 bits per heavy atom. The van der Waals surface area contributed by atoms with Crippen molar-refractivity contribution in [3.8, 4) is 0 Å². The number of non-ortho nitro benzene ring substituents is 1. The number of aromatic carboxylic acids is 1. The average Bonchev–Trinajstić information content (AvgIpc) is 3.39. The lowest BCUT2D eigenvalue weighted by Crippen LogP contribution is -2.25. The van der Waals surface area contributed by atoms with Crippen LogP contribution in [-0.4, -0.2) is 26.9 Å². The Kier molecular flexibility index (Phi) is 4.57. The van der Waals surface area contributed by atoms with E-state index in [2.05, 4.69) is 4.90 Å². The predicted molar refractivity (Wildman–Crippen MR) is 88.8 cm³/mol. The van der Waals surface area contributed by atoms with Gasteiger partial charge in [-0.05, 0) is 36.1 Å². The van der Waals surface area contributed by atoms with E-state index in [4.69, 9.17) is 5.11 Å². The fourth-order valence-corrected chi connectivity index (χ4v) is 2.79. The summed E-state index contributed by atoms with van der Waals surface area (Å²) in [7, 11) is 0. The Bertz CT molecular complexity index is 712. The molecule has 1 aliphatic carbocycles. The van der Waals surface area contributed by atoms with Crippen molar-refractivity contribution in [3.05, 3.63) is 75.3 Å². The molecule has 6 nitrogen and oxygen atoms in total. The summed E-state index contributed by atoms with van der Waals surface area (Å²) in [4.78, 5) is 23.9. The molecule has 1 fully saturated rings. The van der Waals surface area contributed by atoms with Gasteiger partial charge in [0.05, 0.1) is 10.5 Å². The molecule has 0 radical (unpaired) electrons. The number of carboxylic acids is 1. The van der Waals surface area contributed by atoms with Gasteiger partial charge in [0.1, 0.15) is 0 Å². The third-order valence-corrected chi connectivity index (χ3v) is 4.13. The average molecular weight is 326 g/mol. The molecule has 0 spiro atoms. The van der Waals surface area contributed by atoms with Gasteiger partial charge >= 0.3 is 5.97 Å². The second-order valence-corrected chi connectivity index (χ2v) is 6.07. The highest BCUT2D eigenvalue weighted by Crippen LogP contribution is 2.30. The van der Waals surface area contributed by atoms with Crippen LogP contribution in [-0.2, 0) is 13.1 Å². The molecule has 124 valence electrons. The van der Waals surface area contributed by atoms with Crippen LogP contribution in [0.1, 0.15) is 34.3 Å². The topological polar surface area (TPSA) is 83.7 Å². The van der Waals surface area contributed by atoms with E-state index in [-0.39, 0.29) is 16.2 Å². The fraction of sp³-hybridized carbons (Fsp3) is 0.278. The van der Waals surface area contributed by atoms with E-state index < -0.39 is 5.97 Å². The molecule has 6 heteroatoms. The van der Waals surface area contributed by atoms with E-state index >= 15 is 0 Å². The lowest BCUT2D eigenvalue weighted by atomic mass is 10.1. The standard InChI is InChI=1S/C18H18N2O4/c21-18(22)15-5-1-3-13(9-15)11-19(16-7-8-16)12-14-4-2-6-17(10-14)20(23)24/h1-6,9-10,16H,7-8,11-12H2,(H,21,22). The molecule has 0 aliphatic heterocycles. The van der Waals surface area contributed by atoms with Crippen LogP contribution in [0.2, 0.25) is 0 Å². The Morgan fingerprint density at radius 1 is 1.12 bits per heavy atom.